The molecule has 0 radical (unpaired) electrons. The summed E-state index contributed by atoms with van der Waals surface area (Å²) in [4.78, 5) is 21.0. The highest BCUT2D eigenvalue weighted by Gasteiger charge is 2.44. The Morgan fingerprint density at radius 3 is 2.67 bits per heavy atom. The fraction of sp³-hybridized carbons (Fsp3) is 0.364. The number of carbonyl (C=O) groups excluding carboxylic acids is 1. The maximum atomic E-state index is 13.7. The predicted molar refractivity (Wildman–Crippen MR) is 125 cm³/mol. The minimum atomic E-state index is -4.74. The van der Waals surface area contributed by atoms with Gasteiger partial charge in [0, 0.05) is 25.9 Å². The Hall–Kier alpha value is -3.51. The summed E-state index contributed by atoms with van der Waals surface area (Å²) in [7, 11) is -3.05. The van der Waals surface area contributed by atoms with Gasteiger partial charge in [0.25, 0.3) is 0 Å². The first-order valence-corrected chi connectivity index (χ1v) is 12.7. The average Bonchev–Trinajstić information content (AvgIpc) is 3.43. The first-order valence-electron chi connectivity index (χ1n) is 11.3. The molecule has 2 heterocycles. The fourth-order valence-electron chi connectivity index (χ4n) is 4.03. The highest BCUT2D eigenvalue weighted by Crippen LogP contribution is 2.31. The van der Waals surface area contributed by atoms with E-state index in [0.29, 0.717) is 6.07 Å². The number of aliphatic hydroxyl groups is 2. The van der Waals surface area contributed by atoms with Gasteiger partial charge in [-0.25, -0.2) is 14.4 Å². The van der Waals surface area contributed by atoms with Gasteiger partial charge in [0.1, 0.15) is 42.0 Å². The molecule has 1 aromatic carbocycles. The minimum Gasteiger partial charge on any atom is -0.388 e. The fourth-order valence-corrected chi connectivity index (χ4v) is 4.64. The third kappa shape index (κ3) is 6.56. The van der Waals surface area contributed by atoms with E-state index in [1.807, 2.05) is 4.72 Å². The Bertz CT molecular complexity index is 1470. The number of carbonyl (C=O) groups is 1. The van der Waals surface area contributed by atoms with Crippen LogP contribution in [0.3, 0.4) is 0 Å². The standard InChI is InChI=1S/C22H22F4N6O6S/c1-27-39(36,37)38-17-7-16(19(34)20(17)35)30-21-14(8-28-10-29-21)18(33)15-2-3-32(31-15)9-11-4-12(22(24,25)26)6-13(23)5-11/h2-6,8,10,16-17,19-20,27,34-35H,7,9H2,1H3,(H,28,29,30)/t16-,17-,19+,20+/m1/s1. The summed E-state index contributed by atoms with van der Waals surface area (Å²) in [5.74, 6) is -1.82. The monoisotopic (exact) mass is 574 g/mol. The molecular formula is C22H22F4N6O6S. The smallest absolute Gasteiger partial charge is 0.388 e. The van der Waals surface area contributed by atoms with Gasteiger partial charge in [0.05, 0.1) is 23.7 Å². The minimum absolute atomic E-state index is 0.0272. The molecule has 4 rings (SSSR count). The molecule has 2 aromatic heterocycles. The molecule has 3 aromatic rings. The summed E-state index contributed by atoms with van der Waals surface area (Å²) in [6, 6.07) is 2.40. The van der Waals surface area contributed by atoms with Crippen LogP contribution in [0.4, 0.5) is 23.4 Å². The molecule has 1 saturated carbocycles. The second-order valence-electron chi connectivity index (χ2n) is 8.62. The summed E-state index contributed by atoms with van der Waals surface area (Å²) in [5, 5.41) is 27.5. The molecule has 1 aliphatic carbocycles. The lowest BCUT2D eigenvalue weighted by molar-refractivity contribution is -0.137. The van der Waals surface area contributed by atoms with E-state index in [2.05, 4.69) is 20.4 Å². The number of hydrogen-bond donors (Lipinski definition) is 4. The van der Waals surface area contributed by atoms with Crippen LogP contribution in [0.25, 0.3) is 0 Å². The van der Waals surface area contributed by atoms with Gasteiger partial charge in [0.15, 0.2) is 0 Å². The highest BCUT2D eigenvalue weighted by atomic mass is 32.2. The van der Waals surface area contributed by atoms with E-state index in [1.54, 1.807) is 0 Å². The third-order valence-electron chi connectivity index (χ3n) is 5.91. The van der Waals surface area contributed by atoms with Gasteiger partial charge in [-0.05, 0) is 29.8 Å². The molecule has 12 nitrogen and oxygen atoms in total. The molecule has 0 spiro atoms. The number of nitrogens with zero attached hydrogens (tertiary/aromatic N) is 4. The molecule has 17 heteroatoms. The van der Waals surface area contributed by atoms with Crippen molar-refractivity contribution in [3.05, 3.63) is 71.2 Å². The van der Waals surface area contributed by atoms with Crippen LogP contribution < -0.4 is 10.0 Å². The molecule has 0 unspecified atom stereocenters. The van der Waals surface area contributed by atoms with Crippen molar-refractivity contribution < 1.29 is 45.2 Å². The van der Waals surface area contributed by atoms with Gasteiger partial charge in [-0.15, -0.1) is 0 Å². The second kappa shape index (κ2) is 10.9. The molecule has 0 aliphatic heterocycles. The second-order valence-corrected chi connectivity index (χ2v) is 10.1. The Kier molecular flexibility index (Phi) is 7.99. The third-order valence-corrected chi connectivity index (χ3v) is 6.91. The number of hydrogen-bond acceptors (Lipinski definition) is 10. The summed E-state index contributed by atoms with van der Waals surface area (Å²) in [6.07, 6.45) is -5.64. The van der Waals surface area contributed by atoms with Gasteiger partial charge < -0.3 is 15.5 Å². The average molecular weight is 575 g/mol. The lowest BCUT2D eigenvalue weighted by Crippen LogP contribution is -2.38. The van der Waals surface area contributed by atoms with Gasteiger partial charge in [0.2, 0.25) is 5.78 Å². The van der Waals surface area contributed by atoms with Gasteiger partial charge >= 0.3 is 16.5 Å². The zero-order valence-electron chi connectivity index (χ0n) is 20.0. The number of benzene rings is 1. The van der Waals surface area contributed by atoms with E-state index in [0.717, 1.165) is 36.4 Å². The molecular weight excluding hydrogens is 552 g/mol. The van der Waals surface area contributed by atoms with Crippen molar-refractivity contribution in [2.45, 2.75) is 43.5 Å². The van der Waals surface area contributed by atoms with Gasteiger partial charge in [-0.3, -0.25) is 13.7 Å². The van der Waals surface area contributed by atoms with Crippen molar-refractivity contribution in [1.29, 1.82) is 0 Å². The van der Waals surface area contributed by atoms with Crippen LogP contribution in [0, 0.1) is 5.82 Å². The van der Waals surface area contributed by atoms with Crippen molar-refractivity contribution in [1.82, 2.24) is 24.5 Å². The lowest BCUT2D eigenvalue weighted by Gasteiger charge is -2.19. The van der Waals surface area contributed by atoms with Crippen molar-refractivity contribution in [2.24, 2.45) is 0 Å². The number of halogens is 4. The Balaban J connectivity index is 1.51. The zero-order valence-corrected chi connectivity index (χ0v) is 20.8. The van der Waals surface area contributed by atoms with Gasteiger partial charge in [-0.1, -0.05) is 0 Å². The SMILES string of the molecule is CNS(=O)(=O)O[C@@H]1C[C@@H](Nc2ncncc2C(=O)c2ccn(Cc3cc(F)cc(C(F)(F)F)c3)n2)[C@H](O)[C@H]1O. The molecule has 4 atom stereocenters. The van der Waals surface area contributed by atoms with Crippen molar-refractivity contribution in [3.63, 3.8) is 0 Å². The molecule has 0 amide bonds. The largest absolute Gasteiger partial charge is 0.416 e. The lowest BCUT2D eigenvalue weighted by atomic mass is 10.1. The molecule has 4 N–H and O–H groups in total. The quantitative estimate of drug-likeness (QED) is 0.213. The zero-order chi connectivity index (χ0) is 28.5. The number of nitrogens with one attached hydrogen (secondary N) is 2. The molecule has 1 fully saturated rings. The Labute approximate surface area is 218 Å². The van der Waals surface area contributed by atoms with Crippen LogP contribution in [0.2, 0.25) is 0 Å². The maximum Gasteiger partial charge on any atom is 0.416 e. The van der Waals surface area contributed by atoms with E-state index < -0.39 is 58.0 Å². The van der Waals surface area contributed by atoms with E-state index >= 15 is 0 Å². The molecule has 1 aliphatic rings. The van der Waals surface area contributed by atoms with Crippen molar-refractivity contribution >= 4 is 21.9 Å². The Morgan fingerprint density at radius 1 is 1.23 bits per heavy atom. The van der Waals surface area contributed by atoms with Crippen LogP contribution in [0.1, 0.15) is 33.6 Å². The first kappa shape index (κ1) is 28.5. The number of aliphatic hydroxyl groups excluding tert-OH is 2. The van der Waals surface area contributed by atoms with Crippen molar-refractivity contribution in [3.8, 4) is 0 Å². The molecule has 210 valence electrons. The van der Waals surface area contributed by atoms with Crippen LogP contribution >= 0.6 is 0 Å². The van der Waals surface area contributed by atoms with Crippen molar-refractivity contribution in [2.75, 3.05) is 12.4 Å². The number of alkyl halides is 3. The number of ketones is 1. The molecule has 0 bridgehead atoms. The molecule has 39 heavy (non-hydrogen) atoms. The van der Waals surface area contributed by atoms with Crippen LogP contribution in [-0.2, 0) is 27.2 Å². The van der Waals surface area contributed by atoms with Gasteiger partial charge in [-0.2, -0.15) is 31.4 Å². The summed E-state index contributed by atoms with van der Waals surface area (Å²) < 4.78 is 84.0. The summed E-state index contributed by atoms with van der Waals surface area (Å²) >= 11 is 0. The number of rotatable bonds is 9. The number of aromatic nitrogens is 4. The predicted octanol–water partition coefficient (Wildman–Crippen LogP) is 0.866. The van der Waals surface area contributed by atoms with E-state index in [4.69, 9.17) is 4.18 Å². The van der Waals surface area contributed by atoms with Crippen LogP contribution in [-0.4, -0.2) is 75.6 Å². The van der Waals surface area contributed by atoms with Crippen LogP contribution in [0.5, 0.6) is 0 Å². The topological polar surface area (TPSA) is 169 Å². The van der Waals surface area contributed by atoms with E-state index in [1.165, 1.54) is 12.3 Å². The van der Waals surface area contributed by atoms with Crippen LogP contribution in [0.15, 0.2) is 43.0 Å². The first-order chi connectivity index (χ1) is 18.3. The number of anilines is 1. The van der Waals surface area contributed by atoms with E-state index in [-0.39, 0.29) is 35.6 Å². The molecule has 0 saturated heterocycles. The maximum absolute atomic E-state index is 13.7. The summed E-state index contributed by atoms with van der Waals surface area (Å²) in [5.41, 5.74) is -1.41. The highest BCUT2D eigenvalue weighted by molar-refractivity contribution is 7.84. The Morgan fingerprint density at radius 2 is 1.97 bits per heavy atom. The summed E-state index contributed by atoms with van der Waals surface area (Å²) in [6.45, 7) is -0.256. The normalized spacial score (nSPS) is 21.7. The van der Waals surface area contributed by atoms with E-state index in [9.17, 15) is 41.0 Å².